The van der Waals surface area contributed by atoms with E-state index < -0.39 is 0 Å². The molecule has 1 N–H and O–H groups in total. The second-order valence-electron chi connectivity index (χ2n) is 5.24. The van der Waals surface area contributed by atoms with Gasteiger partial charge in [0.05, 0.1) is 6.42 Å². The van der Waals surface area contributed by atoms with Crippen LogP contribution < -0.4 is 5.32 Å². The Morgan fingerprint density at radius 2 is 1.86 bits per heavy atom. The fourth-order valence-corrected chi connectivity index (χ4v) is 2.48. The Morgan fingerprint density at radius 3 is 2.48 bits per heavy atom. The van der Waals surface area contributed by atoms with E-state index in [1.54, 1.807) is 0 Å². The maximum atomic E-state index is 4.66. The molecule has 4 nitrogen and oxygen atoms in total. The van der Waals surface area contributed by atoms with Crippen molar-refractivity contribution in [3.63, 3.8) is 0 Å². The maximum absolute atomic E-state index is 4.66. The molecule has 2 heterocycles. The molecule has 0 bridgehead atoms. The molecular formula is C17H24N4. The SMILES string of the molecule is CCNCCCc1c(C)nc(Cc2ccccn2)nc1C. The van der Waals surface area contributed by atoms with E-state index in [0.29, 0.717) is 6.42 Å². The number of hydrogen-bond acceptors (Lipinski definition) is 4. The van der Waals surface area contributed by atoms with E-state index in [9.17, 15) is 0 Å². The van der Waals surface area contributed by atoms with Gasteiger partial charge in [0, 0.05) is 23.3 Å². The van der Waals surface area contributed by atoms with Crippen molar-refractivity contribution < 1.29 is 0 Å². The molecule has 2 rings (SSSR count). The zero-order chi connectivity index (χ0) is 15.1. The lowest BCUT2D eigenvalue weighted by molar-refractivity contribution is 0.666. The van der Waals surface area contributed by atoms with Crippen LogP contribution in [0.5, 0.6) is 0 Å². The molecule has 0 aromatic carbocycles. The minimum Gasteiger partial charge on any atom is -0.317 e. The second kappa shape index (κ2) is 7.84. The van der Waals surface area contributed by atoms with Crippen LogP contribution in [-0.4, -0.2) is 28.0 Å². The van der Waals surface area contributed by atoms with Crippen LogP contribution in [0.1, 0.15) is 41.8 Å². The van der Waals surface area contributed by atoms with Crippen LogP contribution in [0.3, 0.4) is 0 Å². The average Bonchev–Trinajstić information content (AvgIpc) is 2.47. The lowest BCUT2D eigenvalue weighted by Gasteiger charge is -2.11. The third-order valence-corrected chi connectivity index (χ3v) is 3.56. The maximum Gasteiger partial charge on any atom is 0.134 e. The number of nitrogens with zero attached hydrogens (tertiary/aromatic N) is 3. The van der Waals surface area contributed by atoms with Crippen LogP contribution in [-0.2, 0) is 12.8 Å². The van der Waals surface area contributed by atoms with Gasteiger partial charge in [-0.15, -0.1) is 0 Å². The summed E-state index contributed by atoms with van der Waals surface area (Å²) in [6, 6.07) is 5.93. The molecule has 21 heavy (non-hydrogen) atoms. The van der Waals surface area contributed by atoms with Crippen molar-refractivity contribution in [3.8, 4) is 0 Å². The van der Waals surface area contributed by atoms with Gasteiger partial charge in [0.25, 0.3) is 0 Å². The molecule has 2 aromatic rings. The summed E-state index contributed by atoms with van der Waals surface area (Å²) in [6.45, 7) is 8.37. The van der Waals surface area contributed by atoms with Crippen molar-refractivity contribution in [3.05, 3.63) is 52.9 Å². The topological polar surface area (TPSA) is 50.7 Å². The third-order valence-electron chi connectivity index (χ3n) is 3.56. The van der Waals surface area contributed by atoms with Gasteiger partial charge in [0.1, 0.15) is 5.82 Å². The quantitative estimate of drug-likeness (QED) is 0.794. The summed E-state index contributed by atoms with van der Waals surface area (Å²) in [5.74, 6) is 0.860. The first kappa shape index (κ1) is 15.6. The van der Waals surface area contributed by atoms with E-state index >= 15 is 0 Å². The zero-order valence-electron chi connectivity index (χ0n) is 13.2. The van der Waals surface area contributed by atoms with Crippen molar-refractivity contribution >= 4 is 0 Å². The van der Waals surface area contributed by atoms with Crippen molar-refractivity contribution in [1.82, 2.24) is 20.3 Å². The van der Waals surface area contributed by atoms with E-state index in [1.807, 2.05) is 24.4 Å². The number of aromatic nitrogens is 3. The standard InChI is InChI=1S/C17H24N4/c1-4-18-10-7-9-16-13(2)20-17(21-14(16)3)12-15-8-5-6-11-19-15/h5-6,8,11,18H,4,7,9-10,12H2,1-3H3. The number of rotatable bonds is 7. The Kier molecular flexibility index (Phi) is 5.81. The predicted molar refractivity (Wildman–Crippen MR) is 85.4 cm³/mol. The highest BCUT2D eigenvalue weighted by Crippen LogP contribution is 2.14. The Bertz CT molecular complexity index is 543. The largest absolute Gasteiger partial charge is 0.317 e. The minimum atomic E-state index is 0.695. The van der Waals surface area contributed by atoms with Gasteiger partial charge < -0.3 is 5.32 Å². The highest BCUT2D eigenvalue weighted by molar-refractivity contribution is 5.25. The third kappa shape index (κ3) is 4.60. The highest BCUT2D eigenvalue weighted by atomic mass is 14.9. The van der Waals surface area contributed by atoms with E-state index in [2.05, 4.69) is 41.0 Å². The first-order chi connectivity index (χ1) is 10.2. The van der Waals surface area contributed by atoms with Crippen molar-refractivity contribution in [2.45, 2.75) is 40.0 Å². The number of aryl methyl sites for hydroxylation is 2. The monoisotopic (exact) mass is 284 g/mol. The predicted octanol–water partition coefficient (Wildman–Crippen LogP) is 2.62. The molecule has 4 heteroatoms. The number of nitrogens with one attached hydrogen (secondary N) is 1. The Balaban J connectivity index is 2.06. The first-order valence-corrected chi connectivity index (χ1v) is 7.64. The van der Waals surface area contributed by atoms with Crippen LogP contribution >= 0.6 is 0 Å². The van der Waals surface area contributed by atoms with Crippen LogP contribution in [0.4, 0.5) is 0 Å². The van der Waals surface area contributed by atoms with Gasteiger partial charge in [0.15, 0.2) is 0 Å². The van der Waals surface area contributed by atoms with Crippen molar-refractivity contribution in [1.29, 1.82) is 0 Å². The Hall–Kier alpha value is -1.81. The molecular weight excluding hydrogens is 260 g/mol. The average molecular weight is 284 g/mol. The Morgan fingerprint density at radius 1 is 1.10 bits per heavy atom. The van der Waals surface area contributed by atoms with E-state index in [-0.39, 0.29) is 0 Å². The van der Waals surface area contributed by atoms with Gasteiger partial charge in [-0.3, -0.25) is 4.98 Å². The smallest absolute Gasteiger partial charge is 0.134 e. The molecule has 0 spiro atoms. The van der Waals surface area contributed by atoms with Crippen molar-refractivity contribution in [2.75, 3.05) is 13.1 Å². The molecule has 0 saturated carbocycles. The lowest BCUT2D eigenvalue weighted by Crippen LogP contribution is -2.15. The molecule has 112 valence electrons. The summed E-state index contributed by atoms with van der Waals surface area (Å²) >= 11 is 0. The fraction of sp³-hybridized carbons (Fsp3) is 0.471. The molecule has 0 fully saturated rings. The molecule has 0 aliphatic rings. The van der Waals surface area contributed by atoms with Gasteiger partial charge in [0.2, 0.25) is 0 Å². The molecule has 0 aliphatic heterocycles. The summed E-state index contributed by atoms with van der Waals surface area (Å²) in [6.07, 6.45) is 4.66. The van der Waals surface area contributed by atoms with Gasteiger partial charge in [-0.1, -0.05) is 13.0 Å². The molecule has 0 radical (unpaired) electrons. The molecule has 0 aliphatic carbocycles. The van der Waals surface area contributed by atoms with Gasteiger partial charge >= 0.3 is 0 Å². The normalized spacial score (nSPS) is 10.8. The fourth-order valence-electron chi connectivity index (χ4n) is 2.48. The number of pyridine rings is 1. The zero-order valence-corrected chi connectivity index (χ0v) is 13.2. The molecule has 0 amide bonds. The molecule has 2 aromatic heterocycles. The van der Waals surface area contributed by atoms with Crippen LogP contribution in [0.2, 0.25) is 0 Å². The summed E-state index contributed by atoms with van der Waals surface area (Å²) in [5.41, 5.74) is 4.50. The van der Waals surface area contributed by atoms with Crippen LogP contribution in [0.25, 0.3) is 0 Å². The van der Waals surface area contributed by atoms with Crippen LogP contribution in [0, 0.1) is 13.8 Å². The van der Waals surface area contributed by atoms with E-state index in [0.717, 1.165) is 48.8 Å². The van der Waals surface area contributed by atoms with E-state index in [4.69, 9.17) is 0 Å². The second-order valence-corrected chi connectivity index (χ2v) is 5.24. The Labute approximate surface area is 127 Å². The highest BCUT2D eigenvalue weighted by Gasteiger charge is 2.09. The van der Waals surface area contributed by atoms with Gasteiger partial charge in [-0.05, 0) is 57.5 Å². The summed E-state index contributed by atoms with van der Waals surface area (Å²) in [7, 11) is 0. The molecule has 0 unspecified atom stereocenters. The summed E-state index contributed by atoms with van der Waals surface area (Å²) in [4.78, 5) is 13.7. The lowest BCUT2D eigenvalue weighted by atomic mass is 10.1. The summed E-state index contributed by atoms with van der Waals surface area (Å²) in [5, 5.41) is 3.35. The molecule has 0 atom stereocenters. The van der Waals surface area contributed by atoms with E-state index in [1.165, 1.54) is 5.56 Å². The first-order valence-electron chi connectivity index (χ1n) is 7.64. The van der Waals surface area contributed by atoms with Crippen LogP contribution in [0.15, 0.2) is 24.4 Å². The summed E-state index contributed by atoms with van der Waals surface area (Å²) < 4.78 is 0. The number of hydrogen-bond donors (Lipinski definition) is 1. The minimum absolute atomic E-state index is 0.695. The molecule has 0 saturated heterocycles. The van der Waals surface area contributed by atoms with Gasteiger partial charge in [-0.25, -0.2) is 9.97 Å². The van der Waals surface area contributed by atoms with Crippen molar-refractivity contribution in [2.24, 2.45) is 0 Å². The van der Waals surface area contributed by atoms with Gasteiger partial charge in [-0.2, -0.15) is 0 Å².